The first kappa shape index (κ1) is 23.8. The number of hydrogen-bond donors (Lipinski definition) is 1. The third kappa shape index (κ3) is 5.23. The molecule has 0 heterocycles. The topological polar surface area (TPSA) is 39.1 Å². The fourth-order valence-corrected chi connectivity index (χ4v) is 4.47. The SMILES string of the molecule is C[C@H](c1ccccc1)N(C)c1c(N(C)[C@H](C)c2ccccc2)c1=N[C@H](CO)Cc1ccccc1. The van der Waals surface area contributed by atoms with E-state index in [0.29, 0.717) is 0 Å². The molecular formula is C30H35N3O. The lowest BCUT2D eigenvalue weighted by Gasteiger charge is -2.27. The molecule has 0 spiro atoms. The normalized spacial score (nSPS) is 13.9. The van der Waals surface area contributed by atoms with Gasteiger partial charge in [-0.25, -0.2) is 0 Å². The maximum absolute atomic E-state index is 10.1. The van der Waals surface area contributed by atoms with Crippen molar-refractivity contribution >= 4 is 11.4 Å². The van der Waals surface area contributed by atoms with E-state index < -0.39 is 0 Å². The fourth-order valence-electron chi connectivity index (χ4n) is 4.47. The van der Waals surface area contributed by atoms with E-state index in [1.165, 1.54) is 16.7 Å². The number of anilines is 2. The largest absolute Gasteiger partial charge is 0.394 e. The lowest BCUT2D eigenvalue weighted by molar-refractivity contribution is 0.264. The quantitative estimate of drug-likeness (QED) is 0.346. The summed E-state index contributed by atoms with van der Waals surface area (Å²) in [4.78, 5) is 9.70. The fraction of sp³-hybridized carbons (Fsp3) is 0.300. The van der Waals surface area contributed by atoms with Crippen LogP contribution in [0.5, 0.6) is 0 Å². The van der Waals surface area contributed by atoms with Crippen LogP contribution in [0.4, 0.5) is 11.4 Å². The molecule has 4 heteroatoms. The molecule has 34 heavy (non-hydrogen) atoms. The second kappa shape index (κ2) is 10.7. The molecule has 0 bridgehead atoms. The zero-order valence-electron chi connectivity index (χ0n) is 20.6. The molecular weight excluding hydrogens is 418 g/mol. The monoisotopic (exact) mass is 453 g/mol. The second-order valence-corrected chi connectivity index (χ2v) is 9.10. The molecule has 4 aromatic rings. The molecule has 0 aliphatic carbocycles. The number of aliphatic hydroxyl groups excluding tert-OH is 1. The van der Waals surface area contributed by atoms with Crippen molar-refractivity contribution in [2.75, 3.05) is 30.5 Å². The van der Waals surface area contributed by atoms with Crippen LogP contribution in [0.15, 0.2) is 96.0 Å². The molecule has 4 aromatic carbocycles. The summed E-state index contributed by atoms with van der Waals surface area (Å²) in [5, 5.41) is 11.1. The highest BCUT2D eigenvalue weighted by Gasteiger charge is 2.32. The minimum absolute atomic E-state index is 0.0227. The first-order chi connectivity index (χ1) is 16.5. The van der Waals surface area contributed by atoms with Crippen molar-refractivity contribution < 1.29 is 5.11 Å². The Balaban J connectivity index is 1.67. The Hall–Kier alpha value is -3.37. The molecule has 0 unspecified atom stereocenters. The van der Waals surface area contributed by atoms with Crippen LogP contribution in [0.3, 0.4) is 0 Å². The van der Waals surface area contributed by atoms with E-state index in [2.05, 4.69) is 111 Å². The number of rotatable bonds is 10. The van der Waals surface area contributed by atoms with Gasteiger partial charge in [0.25, 0.3) is 0 Å². The highest BCUT2D eigenvalue weighted by Crippen LogP contribution is 2.39. The summed E-state index contributed by atoms with van der Waals surface area (Å²) in [5.74, 6) is 0. The van der Waals surface area contributed by atoms with Crippen molar-refractivity contribution in [1.82, 2.24) is 0 Å². The maximum Gasteiger partial charge on any atom is 0.109 e. The van der Waals surface area contributed by atoms with Gasteiger partial charge in [-0.3, -0.25) is 4.99 Å². The summed E-state index contributed by atoms with van der Waals surface area (Å²) in [6.07, 6.45) is 0.720. The van der Waals surface area contributed by atoms with Crippen LogP contribution in [-0.4, -0.2) is 31.9 Å². The minimum atomic E-state index is -0.175. The van der Waals surface area contributed by atoms with E-state index in [9.17, 15) is 5.11 Å². The van der Waals surface area contributed by atoms with Crippen LogP contribution in [0.2, 0.25) is 0 Å². The summed E-state index contributed by atoms with van der Waals surface area (Å²) in [7, 11) is 4.28. The predicted octanol–water partition coefficient (Wildman–Crippen LogP) is 5.46. The van der Waals surface area contributed by atoms with Crippen molar-refractivity contribution in [1.29, 1.82) is 0 Å². The molecule has 0 aliphatic heterocycles. The molecule has 176 valence electrons. The zero-order chi connectivity index (χ0) is 24.1. The van der Waals surface area contributed by atoms with Gasteiger partial charge in [-0.2, -0.15) is 0 Å². The predicted molar refractivity (Wildman–Crippen MR) is 142 cm³/mol. The maximum atomic E-state index is 10.1. The average molecular weight is 454 g/mol. The number of hydrogen-bond acceptors (Lipinski definition) is 4. The second-order valence-electron chi connectivity index (χ2n) is 9.10. The molecule has 1 N–H and O–H groups in total. The summed E-state index contributed by atoms with van der Waals surface area (Å²) in [6, 6.07) is 31.6. The molecule has 0 saturated carbocycles. The lowest BCUT2D eigenvalue weighted by Crippen LogP contribution is -2.22. The van der Waals surface area contributed by atoms with Gasteiger partial charge in [-0.1, -0.05) is 91.0 Å². The Morgan fingerprint density at radius 2 is 1.09 bits per heavy atom. The minimum Gasteiger partial charge on any atom is -0.394 e. The Morgan fingerprint density at radius 1 is 0.676 bits per heavy atom. The Bertz CT molecular complexity index is 1110. The van der Waals surface area contributed by atoms with Crippen LogP contribution >= 0.6 is 0 Å². The third-order valence-electron chi connectivity index (χ3n) is 6.88. The first-order valence-electron chi connectivity index (χ1n) is 12.0. The van der Waals surface area contributed by atoms with Gasteiger partial charge in [0.1, 0.15) is 5.36 Å². The van der Waals surface area contributed by atoms with Crippen molar-refractivity contribution in [3.63, 3.8) is 0 Å². The van der Waals surface area contributed by atoms with Crippen molar-refractivity contribution in [2.45, 2.75) is 38.4 Å². The standard InChI is InChI=1S/C30H35N3O/c1-22(25-16-10-6-11-17-25)32(3)29-28(31-27(21-34)20-24-14-8-5-9-15-24)30(29)33(4)23(2)26-18-12-7-13-19-26/h5-19,22-23,27,34H,20-21H2,1-4H3/t22-,23-,27+/m1/s1. The summed E-state index contributed by atoms with van der Waals surface area (Å²) < 4.78 is 0. The molecule has 0 saturated heterocycles. The van der Waals surface area contributed by atoms with Crippen LogP contribution < -0.4 is 15.2 Å². The summed E-state index contributed by atoms with van der Waals surface area (Å²) in [5.41, 5.74) is 6.04. The van der Waals surface area contributed by atoms with Crippen LogP contribution in [-0.2, 0) is 6.42 Å². The van der Waals surface area contributed by atoms with Gasteiger partial charge in [0.15, 0.2) is 0 Å². The Labute approximate surface area is 203 Å². The number of aliphatic hydroxyl groups is 1. The molecule has 0 aromatic heterocycles. The molecule has 0 radical (unpaired) electrons. The van der Waals surface area contributed by atoms with Crippen molar-refractivity contribution in [3.05, 3.63) is 113 Å². The number of nitrogens with zero attached hydrogens (tertiary/aromatic N) is 3. The van der Waals surface area contributed by atoms with E-state index in [-0.39, 0.29) is 24.7 Å². The lowest BCUT2D eigenvalue weighted by atomic mass is 10.1. The molecule has 0 fully saturated rings. The van der Waals surface area contributed by atoms with Crippen molar-refractivity contribution in [2.24, 2.45) is 4.99 Å². The summed E-state index contributed by atoms with van der Waals surface area (Å²) in [6.45, 7) is 4.48. The number of benzene rings is 3. The van der Waals surface area contributed by atoms with Gasteiger partial charge in [0.05, 0.1) is 36.1 Å². The zero-order valence-corrected chi connectivity index (χ0v) is 20.6. The molecule has 0 amide bonds. The molecule has 4 rings (SSSR count). The van der Waals surface area contributed by atoms with Gasteiger partial charge in [-0.15, -0.1) is 0 Å². The van der Waals surface area contributed by atoms with E-state index in [1.54, 1.807) is 0 Å². The van der Waals surface area contributed by atoms with E-state index in [4.69, 9.17) is 4.99 Å². The molecule has 0 aliphatic rings. The first-order valence-corrected chi connectivity index (χ1v) is 12.0. The van der Waals surface area contributed by atoms with Gasteiger partial charge in [0, 0.05) is 14.1 Å². The van der Waals surface area contributed by atoms with E-state index in [0.717, 1.165) is 23.2 Å². The molecule has 4 nitrogen and oxygen atoms in total. The van der Waals surface area contributed by atoms with E-state index >= 15 is 0 Å². The highest BCUT2D eigenvalue weighted by molar-refractivity contribution is 5.85. The van der Waals surface area contributed by atoms with Gasteiger partial charge >= 0.3 is 0 Å². The van der Waals surface area contributed by atoms with Crippen LogP contribution in [0, 0.1) is 0 Å². The Kier molecular flexibility index (Phi) is 7.49. The average Bonchev–Trinajstić information content (AvgIpc) is 3.61. The Morgan fingerprint density at radius 3 is 1.50 bits per heavy atom. The third-order valence-corrected chi connectivity index (χ3v) is 6.88. The van der Waals surface area contributed by atoms with Crippen LogP contribution in [0.1, 0.15) is 42.6 Å². The van der Waals surface area contributed by atoms with Gasteiger partial charge < -0.3 is 14.9 Å². The van der Waals surface area contributed by atoms with E-state index in [1.807, 2.05) is 18.2 Å². The molecule has 3 atom stereocenters. The van der Waals surface area contributed by atoms with Gasteiger partial charge in [-0.05, 0) is 37.0 Å². The van der Waals surface area contributed by atoms with Gasteiger partial charge in [0.2, 0.25) is 0 Å². The summed E-state index contributed by atoms with van der Waals surface area (Å²) >= 11 is 0. The highest BCUT2D eigenvalue weighted by atomic mass is 16.3. The smallest absolute Gasteiger partial charge is 0.109 e. The van der Waals surface area contributed by atoms with Crippen molar-refractivity contribution in [3.8, 4) is 0 Å². The van der Waals surface area contributed by atoms with Crippen LogP contribution in [0.25, 0.3) is 0 Å².